The summed E-state index contributed by atoms with van der Waals surface area (Å²) in [4.78, 5) is 18.5. The summed E-state index contributed by atoms with van der Waals surface area (Å²) in [7, 11) is 0. The molecule has 0 aliphatic heterocycles. The number of carbonyl (C=O) groups excluding carboxylic acids is 1. The number of aromatic nitrogens is 2. The number of thioether (sulfide) groups is 1. The molecule has 0 radical (unpaired) electrons. The van der Waals surface area contributed by atoms with Crippen molar-refractivity contribution in [1.82, 2.24) is 9.97 Å². The van der Waals surface area contributed by atoms with Crippen molar-refractivity contribution in [2.45, 2.75) is 13.3 Å². The van der Waals surface area contributed by atoms with Crippen LogP contribution in [0.1, 0.15) is 12.6 Å². The highest BCUT2D eigenvalue weighted by Crippen LogP contribution is 2.06. The molecule has 0 aliphatic rings. The summed E-state index contributed by atoms with van der Waals surface area (Å²) in [6.07, 6.45) is 3.88. The molecule has 1 rings (SSSR count). The Balaban J connectivity index is 2.37. The van der Waals surface area contributed by atoms with Crippen LogP contribution < -0.4 is 0 Å². The summed E-state index contributed by atoms with van der Waals surface area (Å²) >= 11 is 6.85. The zero-order chi connectivity index (χ0) is 9.68. The number of rotatable bonds is 3. The lowest BCUT2D eigenvalue weighted by atomic mass is 10.4. The fourth-order valence-corrected chi connectivity index (χ4v) is 1.46. The molecule has 0 amide bonds. The Hall–Kier alpha value is -0.610. The summed E-state index contributed by atoms with van der Waals surface area (Å²) in [6, 6.07) is 0. The van der Waals surface area contributed by atoms with Crippen LogP contribution in [0.5, 0.6) is 0 Å². The molecule has 0 atom stereocenters. The van der Waals surface area contributed by atoms with E-state index in [1.165, 1.54) is 18.0 Å². The molecule has 0 aliphatic carbocycles. The first-order chi connectivity index (χ1) is 6.18. The zero-order valence-electron chi connectivity index (χ0n) is 7.16. The van der Waals surface area contributed by atoms with Crippen LogP contribution in [0.15, 0.2) is 12.4 Å². The van der Waals surface area contributed by atoms with Gasteiger partial charge in [-0.2, -0.15) is 0 Å². The minimum Gasteiger partial charge on any atom is -0.288 e. The van der Waals surface area contributed by atoms with E-state index in [1.807, 2.05) is 0 Å². The lowest BCUT2D eigenvalue weighted by Gasteiger charge is -1.97. The largest absolute Gasteiger partial charge is 0.288 e. The van der Waals surface area contributed by atoms with Crippen LogP contribution in [0.3, 0.4) is 0 Å². The van der Waals surface area contributed by atoms with Gasteiger partial charge in [-0.05, 0) is 0 Å². The highest BCUT2D eigenvalue weighted by molar-refractivity contribution is 8.13. The third kappa shape index (κ3) is 4.24. The number of nitrogens with zero attached hydrogens (tertiary/aromatic N) is 2. The molecule has 0 fully saturated rings. The first-order valence-electron chi connectivity index (χ1n) is 3.78. The highest BCUT2D eigenvalue weighted by Gasteiger charge is 1.98. The van der Waals surface area contributed by atoms with Crippen molar-refractivity contribution >= 4 is 28.5 Å². The van der Waals surface area contributed by atoms with Gasteiger partial charge in [-0.1, -0.05) is 23.4 Å². The maximum absolute atomic E-state index is 10.6. The first kappa shape index (κ1) is 10.5. The summed E-state index contributed by atoms with van der Waals surface area (Å²) in [5.41, 5.74) is 0.859. The van der Waals surface area contributed by atoms with Crippen molar-refractivity contribution in [2.75, 3.05) is 5.75 Å². The molecule has 0 spiro atoms. The normalized spacial score (nSPS) is 10.0. The van der Waals surface area contributed by atoms with E-state index >= 15 is 0 Å². The maximum Gasteiger partial charge on any atom is 0.185 e. The Morgan fingerprint density at radius 1 is 1.54 bits per heavy atom. The molecule has 13 heavy (non-hydrogen) atoms. The van der Waals surface area contributed by atoms with Crippen molar-refractivity contribution in [1.29, 1.82) is 0 Å². The fraction of sp³-hybridized carbons (Fsp3) is 0.375. The molecule has 0 saturated heterocycles. The van der Waals surface area contributed by atoms with Gasteiger partial charge >= 0.3 is 0 Å². The summed E-state index contributed by atoms with van der Waals surface area (Å²) < 4.78 is 0. The van der Waals surface area contributed by atoms with Gasteiger partial charge in [-0.3, -0.25) is 9.78 Å². The van der Waals surface area contributed by atoms with Crippen LogP contribution in [0.4, 0.5) is 0 Å². The van der Waals surface area contributed by atoms with E-state index in [-0.39, 0.29) is 5.12 Å². The third-order valence-corrected chi connectivity index (χ3v) is 2.35. The van der Waals surface area contributed by atoms with Gasteiger partial charge in [0.25, 0.3) is 0 Å². The number of hydrogen-bond donors (Lipinski definition) is 0. The molecular formula is C8H9ClN2OS. The third-order valence-electron chi connectivity index (χ3n) is 1.34. The molecule has 3 nitrogen and oxygen atoms in total. The molecule has 1 aromatic heterocycles. The van der Waals surface area contributed by atoms with Crippen LogP contribution in [0.25, 0.3) is 0 Å². The van der Waals surface area contributed by atoms with Gasteiger partial charge in [0.1, 0.15) is 5.15 Å². The molecule has 70 valence electrons. The van der Waals surface area contributed by atoms with E-state index in [9.17, 15) is 4.79 Å². The SMILES string of the molecule is CC(=O)SCCc1cnc(Cl)cn1. The van der Waals surface area contributed by atoms with E-state index in [0.717, 1.165) is 17.9 Å². The molecular weight excluding hydrogens is 208 g/mol. The zero-order valence-corrected chi connectivity index (χ0v) is 8.73. The predicted molar refractivity (Wildman–Crippen MR) is 53.9 cm³/mol. The Bertz CT molecular complexity index is 289. The van der Waals surface area contributed by atoms with Crippen LogP contribution in [0, 0.1) is 0 Å². The Kier molecular flexibility index (Phi) is 4.18. The number of aryl methyl sites for hydroxylation is 1. The van der Waals surface area contributed by atoms with Crippen LogP contribution in [-0.4, -0.2) is 20.8 Å². The van der Waals surface area contributed by atoms with Gasteiger partial charge in [0.2, 0.25) is 0 Å². The van der Waals surface area contributed by atoms with Crippen molar-refractivity contribution in [3.8, 4) is 0 Å². The van der Waals surface area contributed by atoms with Gasteiger partial charge in [0.05, 0.1) is 18.1 Å². The maximum atomic E-state index is 10.6. The summed E-state index contributed by atoms with van der Waals surface area (Å²) in [6.45, 7) is 1.55. The highest BCUT2D eigenvalue weighted by atomic mass is 35.5. The van der Waals surface area contributed by atoms with E-state index in [1.54, 1.807) is 13.1 Å². The summed E-state index contributed by atoms with van der Waals surface area (Å²) in [5, 5.41) is 0.518. The van der Waals surface area contributed by atoms with Crippen molar-refractivity contribution in [3.05, 3.63) is 23.2 Å². The molecule has 0 bridgehead atoms. The topological polar surface area (TPSA) is 42.9 Å². The van der Waals surface area contributed by atoms with Crippen LogP contribution in [-0.2, 0) is 11.2 Å². The van der Waals surface area contributed by atoms with Crippen molar-refractivity contribution in [3.63, 3.8) is 0 Å². The minimum absolute atomic E-state index is 0.127. The van der Waals surface area contributed by atoms with Gasteiger partial charge in [-0.15, -0.1) is 0 Å². The standard InChI is InChI=1S/C8H9ClN2OS/c1-6(12)13-3-2-7-4-11-8(9)5-10-7/h4-5H,2-3H2,1H3. The van der Waals surface area contributed by atoms with E-state index < -0.39 is 0 Å². The molecule has 0 unspecified atom stereocenters. The molecule has 0 aromatic carbocycles. The Labute approximate surface area is 85.9 Å². The van der Waals surface area contributed by atoms with Gasteiger partial charge in [-0.25, -0.2) is 4.98 Å². The van der Waals surface area contributed by atoms with Crippen LogP contribution in [0.2, 0.25) is 5.15 Å². The summed E-state index contributed by atoms with van der Waals surface area (Å²) in [5.74, 6) is 0.742. The quantitative estimate of drug-likeness (QED) is 0.775. The van der Waals surface area contributed by atoms with Crippen molar-refractivity contribution < 1.29 is 4.79 Å². The van der Waals surface area contributed by atoms with Gasteiger partial charge in [0, 0.05) is 19.1 Å². The van der Waals surface area contributed by atoms with Crippen LogP contribution >= 0.6 is 23.4 Å². The second-order valence-corrected chi connectivity index (χ2v) is 4.08. The van der Waals surface area contributed by atoms with E-state index in [4.69, 9.17) is 11.6 Å². The van der Waals surface area contributed by atoms with Gasteiger partial charge < -0.3 is 0 Å². The van der Waals surface area contributed by atoms with Crippen molar-refractivity contribution in [2.24, 2.45) is 0 Å². The van der Waals surface area contributed by atoms with E-state index in [2.05, 4.69) is 9.97 Å². The molecule has 5 heteroatoms. The van der Waals surface area contributed by atoms with Gasteiger partial charge in [0.15, 0.2) is 5.12 Å². The Morgan fingerprint density at radius 3 is 2.85 bits per heavy atom. The molecule has 1 aromatic rings. The molecule has 1 heterocycles. The molecule has 0 N–H and O–H groups in total. The predicted octanol–water partition coefficient (Wildman–Crippen LogP) is 1.95. The second kappa shape index (κ2) is 5.19. The lowest BCUT2D eigenvalue weighted by Crippen LogP contribution is -1.95. The fourth-order valence-electron chi connectivity index (χ4n) is 0.767. The van der Waals surface area contributed by atoms with E-state index in [0.29, 0.717) is 5.15 Å². The number of hydrogen-bond acceptors (Lipinski definition) is 4. The minimum atomic E-state index is 0.127. The average Bonchev–Trinajstić information content (AvgIpc) is 2.08. The smallest absolute Gasteiger partial charge is 0.185 e. The second-order valence-electron chi connectivity index (χ2n) is 2.42. The Morgan fingerprint density at radius 2 is 2.31 bits per heavy atom. The first-order valence-corrected chi connectivity index (χ1v) is 5.14. The monoisotopic (exact) mass is 216 g/mol. The average molecular weight is 217 g/mol. The molecule has 0 saturated carbocycles. The number of carbonyl (C=O) groups is 1. The number of halogens is 1. The lowest BCUT2D eigenvalue weighted by molar-refractivity contribution is -0.109.